The Morgan fingerprint density at radius 1 is 1.06 bits per heavy atom. The summed E-state index contributed by atoms with van der Waals surface area (Å²) >= 11 is 0. The molecule has 0 radical (unpaired) electrons. The highest BCUT2D eigenvalue weighted by atomic mass is 16.1. The minimum atomic E-state index is -0.207. The lowest BCUT2D eigenvalue weighted by molar-refractivity contribution is -0.118. The molecule has 1 atom stereocenters. The van der Waals surface area contributed by atoms with Crippen molar-refractivity contribution in [2.45, 2.75) is 38.1 Å². The zero-order valence-corrected chi connectivity index (χ0v) is 11.1. The highest BCUT2D eigenvalue weighted by Gasteiger charge is 2.48. The fraction of sp³-hybridized carbons (Fsp3) is 0.933. The number of Topliss-reactive ketones (excluding diaryl/α,β-unsaturated/α-hetero) is 1. The zero-order valence-electron chi connectivity index (χ0n) is 11.1. The third-order valence-electron chi connectivity index (χ3n) is 6.14. The summed E-state index contributed by atoms with van der Waals surface area (Å²) in [6.07, 6.45) is 7.43. The van der Waals surface area contributed by atoms with Crippen LogP contribution in [0.4, 0.5) is 0 Å². The van der Waals surface area contributed by atoms with Crippen molar-refractivity contribution >= 4 is 5.78 Å². The van der Waals surface area contributed by atoms with Gasteiger partial charge in [-0.1, -0.05) is 0 Å². The first-order valence-corrected chi connectivity index (χ1v) is 7.69. The monoisotopic (exact) mass is 248 g/mol. The van der Waals surface area contributed by atoms with Crippen LogP contribution in [0, 0.1) is 29.6 Å². The van der Waals surface area contributed by atoms with Crippen molar-refractivity contribution in [3.63, 3.8) is 0 Å². The maximum absolute atomic E-state index is 11.6. The van der Waals surface area contributed by atoms with Gasteiger partial charge in [0.05, 0.1) is 12.6 Å². The van der Waals surface area contributed by atoms with Crippen molar-refractivity contribution in [1.82, 2.24) is 4.90 Å². The van der Waals surface area contributed by atoms with Crippen LogP contribution in [0.1, 0.15) is 32.1 Å². The van der Waals surface area contributed by atoms with Crippen LogP contribution in [-0.4, -0.2) is 36.4 Å². The van der Waals surface area contributed by atoms with Crippen LogP contribution in [-0.2, 0) is 4.79 Å². The second-order valence-electron chi connectivity index (χ2n) is 7.36. The summed E-state index contributed by atoms with van der Waals surface area (Å²) < 4.78 is 0. The van der Waals surface area contributed by atoms with Crippen LogP contribution in [0.15, 0.2) is 0 Å². The molecular formula is C15H24N2O. The SMILES string of the molecule is NC1CN(CC2C3CC4CC(C3)CC2C4)CC1=O. The van der Waals surface area contributed by atoms with Crippen LogP contribution >= 0.6 is 0 Å². The average molecular weight is 248 g/mol. The van der Waals surface area contributed by atoms with E-state index in [1.165, 1.54) is 32.1 Å². The predicted molar refractivity (Wildman–Crippen MR) is 70.0 cm³/mol. The minimum Gasteiger partial charge on any atom is -0.320 e. The Bertz CT molecular complexity index is 340. The van der Waals surface area contributed by atoms with Crippen LogP contribution in [0.3, 0.4) is 0 Å². The molecule has 4 bridgehead atoms. The maximum Gasteiger partial charge on any atom is 0.164 e. The smallest absolute Gasteiger partial charge is 0.164 e. The van der Waals surface area contributed by atoms with Gasteiger partial charge in [-0.2, -0.15) is 0 Å². The topological polar surface area (TPSA) is 46.3 Å². The number of rotatable bonds is 2. The molecule has 0 aromatic heterocycles. The Morgan fingerprint density at radius 2 is 1.67 bits per heavy atom. The summed E-state index contributed by atoms with van der Waals surface area (Å²) in [4.78, 5) is 13.9. The van der Waals surface area contributed by atoms with Crippen molar-refractivity contribution in [1.29, 1.82) is 0 Å². The van der Waals surface area contributed by atoms with Crippen LogP contribution in [0.5, 0.6) is 0 Å². The van der Waals surface area contributed by atoms with Gasteiger partial charge in [0.15, 0.2) is 5.78 Å². The molecule has 18 heavy (non-hydrogen) atoms. The molecule has 5 fully saturated rings. The van der Waals surface area contributed by atoms with Crippen LogP contribution in [0.2, 0.25) is 0 Å². The summed E-state index contributed by atoms with van der Waals surface area (Å²) in [7, 11) is 0. The molecule has 5 aliphatic rings. The molecule has 1 heterocycles. The van der Waals surface area contributed by atoms with Gasteiger partial charge in [-0.25, -0.2) is 0 Å². The number of ketones is 1. The van der Waals surface area contributed by atoms with E-state index in [1.807, 2.05) is 0 Å². The molecule has 100 valence electrons. The normalized spacial score (nSPS) is 51.3. The second-order valence-corrected chi connectivity index (χ2v) is 7.36. The molecule has 3 heteroatoms. The van der Waals surface area contributed by atoms with Gasteiger partial charge >= 0.3 is 0 Å². The molecule has 1 saturated heterocycles. The lowest BCUT2D eigenvalue weighted by Gasteiger charge is -2.55. The highest BCUT2D eigenvalue weighted by molar-refractivity contribution is 5.87. The Morgan fingerprint density at radius 3 is 2.17 bits per heavy atom. The molecule has 4 saturated carbocycles. The number of likely N-dealkylation sites (tertiary alicyclic amines) is 1. The first kappa shape index (κ1) is 11.4. The zero-order chi connectivity index (χ0) is 12.3. The second kappa shape index (κ2) is 4.04. The number of hydrogen-bond acceptors (Lipinski definition) is 3. The van der Waals surface area contributed by atoms with E-state index in [4.69, 9.17) is 5.73 Å². The van der Waals surface area contributed by atoms with Gasteiger partial charge in [-0.3, -0.25) is 9.69 Å². The number of nitrogens with zero attached hydrogens (tertiary/aromatic N) is 1. The summed E-state index contributed by atoms with van der Waals surface area (Å²) in [6, 6.07) is -0.207. The average Bonchev–Trinajstić information content (AvgIpc) is 2.62. The summed E-state index contributed by atoms with van der Waals surface area (Å²) in [5.41, 5.74) is 5.83. The molecular weight excluding hydrogens is 224 g/mol. The van der Waals surface area contributed by atoms with Crippen molar-refractivity contribution in [2.75, 3.05) is 19.6 Å². The molecule has 3 nitrogen and oxygen atoms in total. The summed E-state index contributed by atoms with van der Waals surface area (Å²) in [6.45, 7) is 2.57. The molecule has 4 aliphatic carbocycles. The van der Waals surface area contributed by atoms with E-state index in [0.717, 1.165) is 42.7 Å². The van der Waals surface area contributed by atoms with Crippen LogP contribution in [0.25, 0.3) is 0 Å². The molecule has 5 rings (SSSR count). The Hall–Kier alpha value is -0.410. The fourth-order valence-electron chi connectivity index (χ4n) is 5.56. The lowest BCUT2D eigenvalue weighted by atomic mass is 9.52. The van der Waals surface area contributed by atoms with E-state index < -0.39 is 0 Å². The van der Waals surface area contributed by atoms with Crippen molar-refractivity contribution in [3.8, 4) is 0 Å². The number of carbonyl (C=O) groups excluding carboxylic acids is 1. The third kappa shape index (κ3) is 1.75. The Balaban J connectivity index is 1.45. The first-order valence-electron chi connectivity index (χ1n) is 7.69. The molecule has 1 unspecified atom stereocenters. The van der Waals surface area contributed by atoms with Gasteiger partial charge in [-0.15, -0.1) is 0 Å². The van der Waals surface area contributed by atoms with Gasteiger partial charge in [0, 0.05) is 13.1 Å². The van der Waals surface area contributed by atoms with Crippen molar-refractivity contribution < 1.29 is 4.79 Å². The van der Waals surface area contributed by atoms with E-state index in [0.29, 0.717) is 6.54 Å². The maximum atomic E-state index is 11.6. The lowest BCUT2D eigenvalue weighted by Crippen LogP contribution is -2.49. The molecule has 0 spiro atoms. The van der Waals surface area contributed by atoms with E-state index in [-0.39, 0.29) is 11.8 Å². The van der Waals surface area contributed by atoms with Gasteiger partial charge in [0.1, 0.15) is 0 Å². The highest BCUT2D eigenvalue weighted by Crippen LogP contribution is 2.56. The van der Waals surface area contributed by atoms with Crippen molar-refractivity contribution in [3.05, 3.63) is 0 Å². The van der Waals surface area contributed by atoms with E-state index >= 15 is 0 Å². The van der Waals surface area contributed by atoms with Gasteiger partial charge < -0.3 is 5.73 Å². The largest absolute Gasteiger partial charge is 0.320 e. The van der Waals surface area contributed by atoms with E-state index in [9.17, 15) is 4.79 Å². The molecule has 0 aromatic carbocycles. The first-order chi connectivity index (χ1) is 8.69. The van der Waals surface area contributed by atoms with Gasteiger partial charge in [-0.05, 0) is 61.7 Å². The predicted octanol–water partition coefficient (Wildman–Crippen LogP) is 1.27. The van der Waals surface area contributed by atoms with Crippen LogP contribution < -0.4 is 5.73 Å². The Kier molecular flexibility index (Phi) is 2.56. The summed E-state index contributed by atoms with van der Waals surface area (Å²) in [5.74, 6) is 5.15. The molecule has 1 aliphatic heterocycles. The van der Waals surface area contributed by atoms with Gasteiger partial charge in [0.2, 0.25) is 0 Å². The summed E-state index contributed by atoms with van der Waals surface area (Å²) in [5, 5.41) is 0. The van der Waals surface area contributed by atoms with E-state index in [2.05, 4.69) is 4.90 Å². The van der Waals surface area contributed by atoms with E-state index in [1.54, 1.807) is 0 Å². The molecule has 0 amide bonds. The molecule has 2 N–H and O–H groups in total. The number of hydrogen-bond donors (Lipinski definition) is 1. The third-order valence-corrected chi connectivity index (χ3v) is 6.14. The Labute approximate surface area is 109 Å². The quantitative estimate of drug-likeness (QED) is 0.800. The fourth-order valence-corrected chi connectivity index (χ4v) is 5.56. The molecule has 0 aromatic rings. The minimum absolute atomic E-state index is 0.207. The van der Waals surface area contributed by atoms with Crippen molar-refractivity contribution in [2.24, 2.45) is 35.3 Å². The number of carbonyl (C=O) groups is 1. The number of nitrogens with two attached hydrogens (primary N) is 1. The standard InChI is InChI=1S/C15H24N2O/c16-14-7-17(8-15(14)18)6-13-11-2-9-1-10(4-11)5-12(13)3-9/h9-14H,1-8,16H2. The van der Waals surface area contributed by atoms with Gasteiger partial charge in [0.25, 0.3) is 0 Å².